The molecule has 0 radical (unpaired) electrons. The van der Waals surface area contributed by atoms with Crippen LogP contribution in [0.4, 0.5) is 17.1 Å². The number of rotatable bonds is 5. The molecule has 0 fully saturated rings. The number of anilines is 3. The summed E-state index contributed by atoms with van der Waals surface area (Å²) in [7, 11) is 0. The Bertz CT molecular complexity index is 3170. The molecule has 1 aliphatic rings. The number of hydrogen-bond acceptors (Lipinski definition) is 2. The summed E-state index contributed by atoms with van der Waals surface area (Å²) in [6, 6.07) is 63.3. The largest absolute Gasteiger partial charge is 0.309 e. The molecule has 10 aromatic rings. The monoisotopic (exact) mass is 736 g/mol. The molecule has 0 unspecified atom stereocenters. The van der Waals surface area contributed by atoms with Crippen molar-refractivity contribution in [3.8, 4) is 27.9 Å². The molecule has 3 heteroatoms. The first-order valence-electron chi connectivity index (χ1n) is 19.5. The second-order valence-electron chi connectivity index (χ2n) is 16.0. The van der Waals surface area contributed by atoms with E-state index < -0.39 is 0 Å². The van der Waals surface area contributed by atoms with E-state index in [1.165, 1.54) is 104 Å². The number of thiophene rings is 1. The van der Waals surface area contributed by atoms with Crippen molar-refractivity contribution < 1.29 is 0 Å². The highest BCUT2D eigenvalue weighted by atomic mass is 32.1. The number of nitrogens with zero attached hydrogens (tertiary/aromatic N) is 2. The first-order valence-corrected chi connectivity index (χ1v) is 20.3. The SMILES string of the molecule is Cc1cc(C)cc(-n2c3ccccc3c3cc(-c4ccc(N(c5ccc6c(c5)C(C)(C)c5ccccc5-6)c5cccc6c5sc5ccccc56)cc4)ccc32)c1. The summed E-state index contributed by atoms with van der Waals surface area (Å²) in [5.41, 5.74) is 17.5. The number of aromatic nitrogens is 1. The Labute approximate surface area is 331 Å². The molecule has 268 valence electrons. The van der Waals surface area contributed by atoms with E-state index in [0.717, 1.165) is 5.69 Å². The number of para-hydroxylation sites is 1. The predicted molar refractivity (Wildman–Crippen MR) is 241 cm³/mol. The molecule has 0 saturated carbocycles. The summed E-state index contributed by atoms with van der Waals surface area (Å²) in [5.74, 6) is 0. The molecule has 0 atom stereocenters. The van der Waals surface area contributed by atoms with Crippen LogP contribution in [0.3, 0.4) is 0 Å². The summed E-state index contributed by atoms with van der Waals surface area (Å²) >= 11 is 1.88. The van der Waals surface area contributed by atoms with Crippen LogP contribution >= 0.6 is 11.3 Å². The van der Waals surface area contributed by atoms with Gasteiger partial charge in [0.2, 0.25) is 0 Å². The van der Waals surface area contributed by atoms with Gasteiger partial charge in [0.15, 0.2) is 0 Å². The van der Waals surface area contributed by atoms with Gasteiger partial charge in [-0.2, -0.15) is 0 Å². The van der Waals surface area contributed by atoms with Crippen LogP contribution in [0.25, 0.3) is 69.9 Å². The molecule has 0 spiro atoms. The van der Waals surface area contributed by atoms with Crippen molar-refractivity contribution in [2.45, 2.75) is 33.1 Å². The van der Waals surface area contributed by atoms with E-state index in [1.807, 2.05) is 11.3 Å². The summed E-state index contributed by atoms with van der Waals surface area (Å²) < 4.78 is 5.02. The summed E-state index contributed by atoms with van der Waals surface area (Å²) in [6.07, 6.45) is 0. The highest BCUT2D eigenvalue weighted by Gasteiger charge is 2.36. The van der Waals surface area contributed by atoms with Gasteiger partial charge in [-0.3, -0.25) is 0 Å². The van der Waals surface area contributed by atoms with Crippen molar-refractivity contribution in [3.63, 3.8) is 0 Å². The third-order valence-corrected chi connectivity index (χ3v) is 13.3. The Morgan fingerprint density at radius 3 is 1.98 bits per heavy atom. The van der Waals surface area contributed by atoms with E-state index in [0.29, 0.717) is 0 Å². The second kappa shape index (κ2) is 12.3. The summed E-state index contributed by atoms with van der Waals surface area (Å²) in [5, 5.41) is 5.14. The highest BCUT2D eigenvalue weighted by molar-refractivity contribution is 7.26. The van der Waals surface area contributed by atoms with Crippen LogP contribution in [0.15, 0.2) is 170 Å². The Hall–Kier alpha value is -6.42. The minimum atomic E-state index is -0.0962. The van der Waals surface area contributed by atoms with Gasteiger partial charge < -0.3 is 9.47 Å². The standard InChI is InChI=1S/C53H40N2S/c1-33-28-34(2)30-39(29-33)55-48-17-9-6-13-42(48)45-31-36(22-27-49(45)55)35-20-23-37(24-21-35)54(50-18-11-15-44-43-14-7-10-19-51(43)56-52(44)50)38-25-26-41-40-12-5-8-16-46(40)53(3,4)47(41)32-38/h5-32H,1-4H3. The zero-order valence-electron chi connectivity index (χ0n) is 32.0. The van der Waals surface area contributed by atoms with Gasteiger partial charge in [-0.1, -0.05) is 117 Å². The van der Waals surface area contributed by atoms with Crippen LogP contribution in [0.1, 0.15) is 36.1 Å². The van der Waals surface area contributed by atoms with Gasteiger partial charge in [-0.05, 0) is 125 Å². The van der Waals surface area contributed by atoms with Gasteiger partial charge >= 0.3 is 0 Å². The quantitative estimate of drug-likeness (QED) is 0.171. The molecule has 2 heterocycles. The minimum Gasteiger partial charge on any atom is -0.309 e. The van der Waals surface area contributed by atoms with Crippen LogP contribution in [-0.4, -0.2) is 4.57 Å². The molecule has 2 aromatic heterocycles. The fourth-order valence-corrected chi connectivity index (χ4v) is 10.7. The predicted octanol–water partition coefficient (Wildman–Crippen LogP) is 15.2. The first-order chi connectivity index (χ1) is 27.3. The number of hydrogen-bond donors (Lipinski definition) is 0. The molecule has 56 heavy (non-hydrogen) atoms. The molecule has 0 saturated heterocycles. The third kappa shape index (κ3) is 4.94. The van der Waals surface area contributed by atoms with Crippen molar-refractivity contribution >= 4 is 70.4 Å². The average molecular weight is 737 g/mol. The van der Waals surface area contributed by atoms with Crippen LogP contribution in [-0.2, 0) is 5.41 Å². The van der Waals surface area contributed by atoms with Crippen LogP contribution in [0.5, 0.6) is 0 Å². The third-order valence-electron chi connectivity index (χ3n) is 12.0. The smallest absolute Gasteiger partial charge is 0.0640 e. The lowest BCUT2D eigenvalue weighted by molar-refractivity contribution is 0.660. The topological polar surface area (TPSA) is 8.17 Å². The molecule has 0 bridgehead atoms. The number of aryl methyl sites for hydroxylation is 2. The maximum absolute atomic E-state index is 2.47. The molecule has 2 nitrogen and oxygen atoms in total. The lowest BCUT2D eigenvalue weighted by atomic mass is 9.82. The Morgan fingerprint density at radius 2 is 1.14 bits per heavy atom. The zero-order chi connectivity index (χ0) is 37.7. The Morgan fingerprint density at radius 1 is 0.482 bits per heavy atom. The highest BCUT2D eigenvalue weighted by Crippen LogP contribution is 2.52. The normalized spacial score (nSPS) is 13.1. The molecule has 0 aliphatic heterocycles. The van der Waals surface area contributed by atoms with Crippen LogP contribution in [0.2, 0.25) is 0 Å². The van der Waals surface area contributed by atoms with Gasteiger partial charge in [-0.25, -0.2) is 0 Å². The lowest BCUT2D eigenvalue weighted by Crippen LogP contribution is -2.16. The zero-order valence-corrected chi connectivity index (χ0v) is 32.8. The summed E-state index contributed by atoms with van der Waals surface area (Å²) in [4.78, 5) is 2.47. The molecule has 0 amide bonds. The van der Waals surface area contributed by atoms with Crippen molar-refractivity contribution in [2.24, 2.45) is 0 Å². The maximum Gasteiger partial charge on any atom is 0.0640 e. The van der Waals surface area contributed by atoms with E-state index in [-0.39, 0.29) is 5.41 Å². The Balaban J connectivity index is 1.06. The van der Waals surface area contributed by atoms with Crippen molar-refractivity contribution in [2.75, 3.05) is 4.90 Å². The van der Waals surface area contributed by atoms with Crippen molar-refractivity contribution in [3.05, 3.63) is 192 Å². The fourth-order valence-electron chi connectivity index (χ4n) is 9.48. The van der Waals surface area contributed by atoms with Gasteiger partial charge in [0.1, 0.15) is 0 Å². The lowest BCUT2D eigenvalue weighted by Gasteiger charge is -2.28. The van der Waals surface area contributed by atoms with Crippen LogP contribution in [0, 0.1) is 13.8 Å². The van der Waals surface area contributed by atoms with E-state index >= 15 is 0 Å². The number of benzene rings is 8. The maximum atomic E-state index is 2.47. The average Bonchev–Trinajstić information content (AvgIpc) is 3.84. The van der Waals surface area contributed by atoms with Crippen LogP contribution < -0.4 is 4.90 Å². The van der Waals surface area contributed by atoms with E-state index in [1.54, 1.807) is 0 Å². The molecule has 0 N–H and O–H groups in total. The molecule has 11 rings (SSSR count). The van der Waals surface area contributed by atoms with E-state index in [2.05, 4.69) is 207 Å². The van der Waals surface area contributed by atoms with Gasteiger partial charge in [0.05, 0.1) is 21.4 Å². The van der Waals surface area contributed by atoms with Gasteiger partial charge in [0.25, 0.3) is 0 Å². The van der Waals surface area contributed by atoms with E-state index in [9.17, 15) is 0 Å². The molecule has 1 aliphatic carbocycles. The second-order valence-corrected chi connectivity index (χ2v) is 17.0. The number of fused-ring (bicyclic) bond motifs is 9. The van der Waals surface area contributed by atoms with Crippen molar-refractivity contribution in [1.29, 1.82) is 0 Å². The van der Waals surface area contributed by atoms with Crippen molar-refractivity contribution in [1.82, 2.24) is 4.57 Å². The molecule has 8 aromatic carbocycles. The fraction of sp³-hybridized carbons (Fsp3) is 0.0943. The van der Waals surface area contributed by atoms with Gasteiger partial charge in [-0.15, -0.1) is 11.3 Å². The molecular weight excluding hydrogens is 697 g/mol. The summed E-state index contributed by atoms with van der Waals surface area (Å²) in [6.45, 7) is 9.09. The van der Waals surface area contributed by atoms with Gasteiger partial charge in [0, 0.05) is 48.7 Å². The minimum absolute atomic E-state index is 0.0962. The van der Waals surface area contributed by atoms with E-state index in [4.69, 9.17) is 0 Å². The molecular formula is C53H40N2S. The Kier molecular flexibility index (Phi) is 7.24. The first kappa shape index (κ1) is 33.0.